The Morgan fingerprint density at radius 2 is 2.00 bits per heavy atom. The van der Waals surface area contributed by atoms with E-state index in [9.17, 15) is 5.11 Å². The Balaban J connectivity index is 3.67. The fourth-order valence-electron chi connectivity index (χ4n) is 1.18. The molecule has 0 aliphatic heterocycles. The van der Waals surface area contributed by atoms with Gasteiger partial charge < -0.3 is 10.0 Å². The quantitative estimate of drug-likeness (QED) is 0.710. The third-order valence-corrected chi connectivity index (χ3v) is 3.21. The largest absolute Gasteiger partial charge is 0.390 e. The van der Waals surface area contributed by atoms with Crippen molar-refractivity contribution in [3.8, 4) is 0 Å². The van der Waals surface area contributed by atoms with Gasteiger partial charge in [0.25, 0.3) is 0 Å². The summed E-state index contributed by atoms with van der Waals surface area (Å²) >= 11 is 1.89. The molecular formula is C11H25NOS. The molecule has 0 aliphatic rings. The minimum absolute atomic E-state index is 0.534. The van der Waals surface area contributed by atoms with Gasteiger partial charge in [0.15, 0.2) is 0 Å². The average molecular weight is 219 g/mol. The van der Waals surface area contributed by atoms with Gasteiger partial charge in [0, 0.05) is 12.6 Å². The van der Waals surface area contributed by atoms with Crippen LogP contribution in [0.5, 0.6) is 0 Å². The summed E-state index contributed by atoms with van der Waals surface area (Å²) in [4.78, 5) is 2.33. The standard InChI is InChI=1S/C11H25NOS/c1-10(6-9-14-5)12(4)8-7-11(2,3)13/h10,13H,6-9H2,1-5H3. The lowest BCUT2D eigenvalue weighted by atomic mass is 10.1. The van der Waals surface area contributed by atoms with Gasteiger partial charge in [-0.15, -0.1) is 0 Å². The first-order valence-electron chi connectivity index (χ1n) is 5.28. The van der Waals surface area contributed by atoms with Crippen molar-refractivity contribution >= 4 is 11.8 Å². The van der Waals surface area contributed by atoms with E-state index < -0.39 is 5.60 Å². The molecule has 0 radical (unpaired) electrons. The molecule has 0 amide bonds. The van der Waals surface area contributed by atoms with Crippen molar-refractivity contribution in [3.63, 3.8) is 0 Å². The minimum Gasteiger partial charge on any atom is -0.390 e. The van der Waals surface area contributed by atoms with Gasteiger partial charge in [-0.25, -0.2) is 0 Å². The monoisotopic (exact) mass is 219 g/mol. The van der Waals surface area contributed by atoms with Crippen molar-refractivity contribution in [1.82, 2.24) is 4.90 Å². The molecule has 86 valence electrons. The highest BCUT2D eigenvalue weighted by Crippen LogP contribution is 2.11. The molecule has 0 aromatic carbocycles. The molecule has 0 aromatic rings. The molecule has 0 bridgehead atoms. The normalized spacial score (nSPS) is 14.8. The van der Waals surface area contributed by atoms with E-state index in [-0.39, 0.29) is 0 Å². The number of hydrogen-bond donors (Lipinski definition) is 1. The van der Waals surface area contributed by atoms with Crippen molar-refractivity contribution < 1.29 is 5.11 Å². The van der Waals surface area contributed by atoms with Crippen LogP contribution in [0.15, 0.2) is 0 Å². The van der Waals surface area contributed by atoms with E-state index >= 15 is 0 Å². The van der Waals surface area contributed by atoms with Crippen LogP contribution in [0.3, 0.4) is 0 Å². The first-order valence-corrected chi connectivity index (χ1v) is 6.68. The molecule has 0 saturated heterocycles. The predicted octanol–water partition coefficient (Wildman–Crippen LogP) is 2.22. The Kier molecular flexibility index (Phi) is 6.83. The van der Waals surface area contributed by atoms with Crippen molar-refractivity contribution in [2.24, 2.45) is 0 Å². The molecule has 0 spiro atoms. The van der Waals surface area contributed by atoms with Crippen LogP contribution in [-0.2, 0) is 0 Å². The number of rotatable bonds is 7. The Hall–Kier alpha value is 0.270. The second-order valence-corrected chi connectivity index (χ2v) is 5.66. The van der Waals surface area contributed by atoms with Crippen LogP contribution in [0.25, 0.3) is 0 Å². The lowest BCUT2D eigenvalue weighted by Crippen LogP contribution is -2.34. The molecule has 3 heteroatoms. The molecule has 0 heterocycles. The Morgan fingerprint density at radius 1 is 1.43 bits per heavy atom. The van der Waals surface area contributed by atoms with Crippen molar-refractivity contribution in [3.05, 3.63) is 0 Å². The summed E-state index contributed by atoms with van der Waals surface area (Å²) in [6.07, 6.45) is 4.21. The fraction of sp³-hybridized carbons (Fsp3) is 1.00. The molecule has 0 rings (SSSR count). The maximum atomic E-state index is 9.59. The highest BCUT2D eigenvalue weighted by atomic mass is 32.2. The molecule has 0 fully saturated rings. The third kappa shape index (κ3) is 7.65. The lowest BCUT2D eigenvalue weighted by molar-refractivity contribution is 0.0564. The summed E-state index contributed by atoms with van der Waals surface area (Å²) in [6.45, 7) is 6.96. The van der Waals surface area contributed by atoms with Crippen LogP contribution in [0, 0.1) is 0 Å². The Labute approximate surface area is 93.1 Å². The molecule has 1 atom stereocenters. The maximum Gasteiger partial charge on any atom is 0.0603 e. The van der Waals surface area contributed by atoms with E-state index in [0.29, 0.717) is 6.04 Å². The molecule has 2 nitrogen and oxygen atoms in total. The smallest absolute Gasteiger partial charge is 0.0603 e. The van der Waals surface area contributed by atoms with E-state index in [0.717, 1.165) is 13.0 Å². The molecule has 14 heavy (non-hydrogen) atoms. The van der Waals surface area contributed by atoms with Gasteiger partial charge in [-0.3, -0.25) is 0 Å². The summed E-state index contributed by atoms with van der Waals surface area (Å²) in [7, 11) is 2.14. The van der Waals surface area contributed by atoms with Crippen molar-refractivity contribution in [1.29, 1.82) is 0 Å². The predicted molar refractivity (Wildman–Crippen MR) is 66.0 cm³/mol. The zero-order chi connectivity index (χ0) is 11.2. The third-order valence-electron chi connectivity index (χ3n) is 2.57. The SMILES string of the molecule is CSCCC(C)N(C)CCC(C)(C)O. The van der Waals surface area contributed by atoms with Crippen LogP contribution in [-0.4, -0.2) is 47.3 Å². The second kappa shape index (κ2) is 6.70. The average Bonchev–Trinajstić information content (AvgIpc) is 2.09. The van der Waals surface area contributed by atoms with E-state index in [1.54, 1.807) is 0 Å². The van der Waals surface area contributed by atoms with Crippen LogP contribution < -0.4 is 0 Å². The Bertz CT molecular complexity index is 145. The van der Waals surface area contributed by atoms with E-state index in [1.165, 1.54) is 12.2 Å². The number of thioether (sulfide) groups is 1. The number of hydrogen-bond acceptors (Lipinski definition) is 3. The molecule has 1 unspecified atom stereocenters. The minimum atomic E-state index is -0.534. The van der Waals surface area contributed by atoms with Gasteiger partial charge in [-0.05, 0) is 52.7 Å². The Morgan fingerprint density at radius 3 is 2.43 bits per heavy atom. The summed E-state index contributed by atoms with van der Waals surface area (Å²) in [6, 6.07) is 0.616. The first kappa shape index (κ1) is 14.3. The molecular weight excluding hydrogens is 194 g/mol. The van der Waals surface area contributed by atoms with Crippen molar-refractivity contribution in [2.75, 3.05) is 25.6 Å². The van der Waals surface area contributed by atoms with Crippen molar-refractivity contribution in [2.45, 2.75) is 45.3 Å². The molecule has 1 N–H and O–H groups in total. The van der Waals surface area contributed by atoms with E-state index in [2.05, 4.69) is 25.1 Å². The van der Waals surface area contributed by atoms with E-state index in [4.69, 9.17) is 0 Å². The molecule has 0 saturated carbocycles. The number of aliphatic hydroxyl groups is 1. The summed E-state index contributed by atoms with van der Waals surface area (Å²) < 4.78 is 0. The van der Waals surface area contributed by atoms with E-state index in [1.807, 2.05) is 25.6 Å². The molecule has 0 aliphatic carbocycles. The first-order chi connectivity index (χ1) is 6.37. The van der Waals surface area contributed by atoms with Gasteiger partial charge >= 0.3 is 0 Å². The maximum absolute atomic E-state index is 9.59. The topological polar surface area (TPSA) is 23.5 Å². The van der Waals surface area contributed by atoms with Crippen LogP contribution in [0.4, 0.5) is 0 Å². The van der Waals surface area contributed by atoms with Gasteiger partial charge in [0.2, 0.25) is 0 Å². The van der Waals surface area contributed by atoms with Gasteiger partial charge in [0.1, 0.15) is 0 Å². The van der Waals surface area contributed by atoms with Crippen LogP contribution in [0.2, 0.25) is 0 Å². The van der Waals surface area contributed by atoms with Crippen LogP contribution >= 0.6 is 11.8 Å². The second-order valence-electron chi connectivity index (χ2n) is 4.67. The summed E-state index contributed by atoms with van der Waals surface area (Å²) in [5.41, 5.74) is -0.534. The zero-order valence-electron chi connectivity index (χ0n) is 10.2. The highest BCUT2D eigenvalue weighted by Gasteiger charge is 2.15. The fourth-order valence-corrected chi connectivity index (χ4v) is 1.76. The zero-order valence-corrected chi connectivity index (χ0v) is 11.0. The number of nitrogens with zero attached hydrogens (tertiary/aromatic N) is 1. The van der Waals surface area contributed by atoms with Crippen LogP contribution in [0.1, 0.15) is 33.6 Å². The highest BCUT2D eigenvalue weighted by molar-refractivity contribution is 7.98. The van der Waals surface area contributed by atoms with Gasteiger partial charge in [0.05, 0.1) is 5.60 Å². The summed E-state index contributed by atoms with van der Waals surface area (Å²) in [5, 5.41) is 9.59. The lowest BCUT2D eigenvalue weighted by Gasteiger charge is -2.27. The van der Waals surface area contributed by atoms with Gasteiger partial charge in [-0.2, -0.15) is 11.8 Å². The summed E-state index contributed by atoms with van der Waals surface area (Å²) in [5.74, 6) is 1.22. The van der Waals surface area contributed by atoms with Gasteiger partial charge in [-0.1, -0.05) is 0 Å². The molecule has 0 aromatic heterocycles.